The topological polar surface area (TPSA) is 60.0 Å². The molecule has 1 aromatic rings. The number of ether oxygens (including phenoxy) is 3. The summed E-state index contributed by atoms with van der Waals surface area (Å²) in [5, 5.41) is 2.71. The molecule has 0 aliphatic carbocycles. The Morgan fingerprint density at radius 1 is 1.30 bits per heavy atom. The van der Waals surface area contributed by atoms with Crippen molar-refractivity contribution in [2.45, 2.75) is 12.7 Å². The first-order chi connectivity index (χ1) is 11.2. The number of methoxy groups -OCH3 is 2. The van der Waals surface area contributed by atoms with E-state index in [1.807, 2.05) is 18.2 Å². The Bertz CT molecular complexity index is 511. The zero-order valence-electron chi connectivity index (χ0n) is 14.1. The van der Waals surface area contributed by atoms with Gasteiger partial charge < -0.3 is 19.5 Å². The Morgan fingerprint density at radius 3 is 2.61 bits per heavy atom. The van der Waals surface area contributed by atoms with E-state index < -0.39 is 6.29 Å². The van der Waals surface area contributed by atoms with Crippen LogP contribution in [-0.2, 0) is 20.6 Å². The normalized spacial score (nSPS) is 15.8. The summed E-state index contributed by atoms with van der Waals surface area (Å²) in [4.78, 5) is 14.6. The highest BCUT2D eigenvalue weighted by Crippen LogP contribution is 2.22. The first-order valence-corrected chi connectivity index (χ1v) is 7.90. The van der Waals surface area contributed by atoms with E-state index in [1.165, 1.54) is 0 Å². The van der Waals surface area contributed by atoms with Crippen LogP contribution in [0.15, 0.2) is 18.2 Å². The molecule has 1 aliphatic heterocycles. The van der Waals surface area contributed by atoms with Gasteiger partial charge in [-0.3, -0.25) is 9.69 Å². The van der Waals surface area contributed by atoms with Crippen LogP contribution in [0.1, 0.15) is 27.8 Å². The van der Waals surface area contributed by atoms with E-state index in [0.717, 1.165) is 50.4 Å². The molecule has 0 unspecified atom stereocenters. The molecule has 1 aromatic carbocycles. The smallest absolute Gasteiger partial charge is 0.251 e. The fourth-order valence-electron chi connectivity index (χ4n) is 2.78. The third kappa shape index (κ3) is 4.75. The van der Waals surface area contributed by atoms with Gasteiger partial charge in [-0.1, -0.05) is 12.1 Å². The summed E-state index contributed by atoms with van der Waals surface area (Å²) in [6.45, 7) is 4.38. The minimum atomic E-state index is -0.466. The molecule has 6 heteroatoms. The number of carbonyl (C=O) groups is 1. The van der Waals surface area contributed by atoms with E-state index in [0.29, 0.717) is 5.56 Å². The van der Waals surface area contributed by atoms with E-state index in [4.69, 9.17) is 14.2 Å². The monoisotopic (exact) mass is 322 g/mol. The second-order valence-corrected chi connectivity index (χ2v) is 5.50. The molecule has 6 nitrogen and oxygen atoms in total. The Hall–Kier alpha value is -1.47. The highest BCUT2D eigenvalue weighted by atomic mass is 16.7. The molecule has 1 amide bonds. The number of carbonyl (C=O) groups excluding carboxylic acids is 1. The zero-order valence-corrected chi connectivity index (χ0v) is 14.1. The van der Waals surface area contributed by atoms with Gasteiger partial charge >= 0.3 is 0 Å². The molecule has 2 rings (SSSR count). The lowest BCUT2D eigenvalue weighted by Gasteiger charge is -2.26. The first kappa shape index (κ1) is 17.9. The lowest BCUT2D eigenvalue weighted by molar-refractivity contribution is -0.106. The van der Waals surface area contributed by atoms with Crippen molar-refractivity contribution in [2.75, 3.05) is 54.1 Å². The molecule has 128 valence electrons. The quantitative estimate of drug-likeness (QED) is 0.765. The van der Waals surface area contributed by atoms with Crippen LogP contribution in [0.2, 0.25) is 0 Å². The molecule has 1 saturated heterocycles. The van der Waals surface area contributed by atoms with Crippen molar-refractivity contribution in [3.05, 3.63) is 34.9 Å². The van der Waals surface area contributed by atoms with Crippen LogP contribution in [0.5, 0.6) is 0 Å². The SMILES string of the molecule is CNC(=O)c1cc(C(OC)OC)ccc1CCN1CCOCC1. The molecule has 0 saturated carbocycles. The van der Waals surface area contributed by atoms with E-state index in [-0.39, 0.29) is 5.91 Å². The Labute approximate surface area is 137 Å². The summed E-state index contributed by atoms with van der Waals surface area (Å²) in [5.41, 5.74) is 2.55. The second-order valence-electron chi connectivity index (χ2n) is 5.50. The van der Waals surface area contributed by atoms with Gasteiger partial charge in [0.1, 0.15) is 0 Å². The molecule has 1 N–H and O–H groups in total. The van der Waals surface area contributed by atoms with Crippen molar-refractivity contribution in [3.8, 4) is 0 Å². The standard InChI is InChI=1S/C17H26N2O4/c1-18-16(20)15-12-14(17(21-2)22-3)5-4-13(15)6-7-19-8-10-23-11-9-19/h4-5,12,17H,6-11H2,1-3H3,(H,18,20). The van der Waals surface area contributed by atoms with Crippen molar-refractivity contribution in [3.63, 3.8) is 0 Å². The molecular formula is C17H26N2O4. The van der Waals surface area contributed by atoms with Crippen molar-refractivity contribution < 1.29 is 19.0 Å². The van der Waals surface area contributed by atoms with Crippen LogP contribution in [0.3, 0.4) is 0 Å². The van der Waals surface area contributed by atoms with Gasteiger partial charge in [-0.05, 0) is 18.1 Å². The minimum Gasteiger partial charge on any atom is -0.379 e. The summed E-state index contributed by atoms with van der Waals surface area (Å²) in [7, 11) is 4.81. The number of nitrogens with one attached hydrogen (secondary N) is 1. The summed E-state index contributed by atoms with van der Waals surface area (Å²) >= 11 is 0. The van der Waals surface area contributed by atoms with Crippen molar-refractivity contribution in [1.82, 2.24) is 10.2 Å². The van der Waals surface area contributed by atoms with E-state index in [2.05, 4.69) is 10.2 Å². The first-order valence-electron chi connectivity index (χ1n) is 7.90. The van der Waals surface area contributed by atoms with Crippen molar-refractivity contribution in [1.29, 1.82) is 0 Å². The summed E-state index contributed by atoms with van der Waals surface area (Å²) < 4.78 is 15.9. The maximum atomic E-state index is 12.2. The lowest BCUT2D eigenvalue weighted by atomic mass is 10.00. The molecule has 0 radical (unpaired) electrons. The molecule has 0 aromatic heterocycles. The predicted molar refractivity (Wildman–Crippen MR) is 87.6 cm³/mol. The van der Waals surface area contributed by atoms with E-state index in [9.17, 15) is 4.79 Å². The molecule has 1 heterocycles. The van der Waals surface area contributed by atoms with Crippen LogP contribution < -0.4 is 5.32 Å². The van der Waals surface area contributed by atoms with Gasteiger partial charge in [-0.15, -0.1) is 0 Å². The highest BCUT2D eigenvalue weighted by molar-refractivity contribution is 5.95. The Morgan fingerprint density at radius 2 is 2.00 bits per heavy atom. The largest absolute Gasteiger partial charge is 0.379 e. The number of nitrogens with zero attached hydrogens (tertiary/aromatic N) is 1. The zero-order chi connectivity index (χ0) is 16.7. The predicted octanol–water partition coefficient (Wildman–Crippen LogP) is 1.21. The maximum absolute atomic E-state index is 12.2. The molecular weight excluding hydrogens is 296 g/mol. The summed E-state index contributed by atoms with van der Waals surface area (Å²) in [6, 6.07) is 5.80. The van der Waals surface area contributed by atoms with Gasteiger partial charge in [0, 0.05) is 52.0 Å². The third-order valence-corrected chi connectivity index (χ3v) is 4.11. The van der Waals surface area contributed by atoms with Gasteiger partial charge in [0.15, 0.2) is 6.29 Å². The van der Waals surface area contributed by atoms with Gasteiger partial charge in [-0.25, -0.2) is 0 Å². The van der Waals surface area contributed by atoms with E-state index >= 15 is 0 Å². The fourth-order valence-corrected chi connectivity index (χ4v) is 2.78. The molecule has 0 atom stereocenters. The van der Waals surface area contributed by atoms with Crippen molar-refractivity contribution in [2.24, 2.45) is 0 Å². The molecule has 1 fully saturated rings. The van der Waals surface area contributed by atoms with Crippen LogP contribution in [0.25, 0.3) is 0 Å². The maximum Gasteiger partial charge on any atom is 0.251 e. The number of benzene rings is 1. The molecule has 23 heavy (non-hydrogen) atoms. The fraction of sp³-hybridized carbons (Fsp3) is 0.588. The Balaban J connectivity index is 2.14. The highest BCUT2D eigenvalue weighted by Gasteiger charge is 2.17. The second kappa shape index (κ2) is 8.98. The minimum absolute atomic E-state index is 0.0882. The van der Waals surface area contributed by atoms with Crippen LogP contribution in [0, 0.1) is 0 Å². The number of rotatable bonds is 7. The number of hydrogen-bond donors (Lipinski definition) is 1. The number of amides is 1. The van der Waals surface area contributed by atoms with Gasteiger partial charge in [0.25, 0.3) is 5.91 Å². The summed E-state index contributed by atoms with van der Waals surface area (Å²) in [5.74, 6) is -0.0882. The number of hydrogen-bond acceptors (Lipinski definition) is 5. The Kier molecular flexibility index (Phi) is 6.98. The van der Waals surface area contributed by atoms with Gasteiger partial charge in [-0.2, -0.15) is 0 Å². The molecule has 1 aliphatic rings. The van der Waals surface area contributed by atoms with Crippen LogP contribution >= 0.6 is 0 Å². The van der Waals surface area contributed by atoms with Gasteiger partial charge in [0.2, 0.25) is 0 Å². The van der Waals surface area contributed by atoms with Crippen molar-refractivity contribution >= 4 is 5.91 Å². The average Bonchev–Trinajstić information content (AvgIpc) is 2.61. The van der Waals surface area contributed by atoms with E-state index in [1.54, 1.807) is 21.3 Å². The number of morpholine rings is 1. The van der Waals surface area contributed by atoms with Gasteiger partial charge in [0.05, 0.1) is 13.2 Å². The molecule has 0 bridgehead atoms. The molecule has 0 spiro atoms. The van der Waals surface area contributed by atoms with Crippen LogP contribution in [0.4, 0.5) is 0 Å². The summed E-state index contributed by atoms with van der Waals surface area (Å²) in [6.07, 6.45) is 0.361. The van der Waals surface area contributed by atoms with Crippen LogP contribution in [-0.4, -0.2) is 64.9 Å². The average molecular weight is 322 g/mol. The lowest BCUT2D eigenvalue weighted by Crippen LogP contribution is -2.37. The third-order valence-electron chi connectivity index (χ3n) is 4.11.